The van der Waals surface area contributed by atoms with Gasteiger partial charge in [-0.05, 0) is 26.3 Å². The van der Waals surface area contributed by atoms with Crippen LogP contribution in [0.3, 0.4) is 0 Å². The van der Waals surface area contributed by atoms with Crippen LogP contribution in [0, 0.1) is 0 Å². The van der Waals surface area contributed by atoms with Crippen LogP contribution in [0.4, 0.5) is 0 Å². The maximum atomic E-state index is 8.70. The summed E-state index contributed by atoms with van der Waals surface area (Å²) in [6.07, 6.45) is 10.3. The van der Waals surface area contributed by atoms with Gasteiger partial charge in [-0.15, -0.1) is 0 Å². The summed E-state index contributed by atoms with van der Waals surface area (Å²) in [6.45, 7) is 2.07. The highest BCUT2D eigenvalue weighted by atomic mass is 16.3. The van der Waals surface area contributed by atoms with Crippen LogP contribution in [0.5, 0.6) is 0 Å². The topological polar surface area (TPSA) is 23.5 Å². The summed E-state index contributed by atoms with van der Waals surface area (Å²) < 4.78 is 0. The van der Waals surface area contributed by atoms with Crippen LogP contribution in [-0.2, 0) is 0 Å². The van der Waals surface area contributed by atoms with Crippen LogP contribution in [0.25, 0.3) is 0 Å². The second-order valence-corrected chi connectivity index (χ2v) is 3.54. The number of aliphatic hydroxyl groups excluding tert-OH is 1. The Kier molecular flexibility index (Phi) is 4.79. The molecular weight excluding hydrogens is 162 g/mol. The van der Waals surface area contributed by atoms with Crippen molar-refractivity contribution in [3.63, 3.8) is 0 Å². The molecule has 1 N–H and O–H groups in total. The average Bonchev–Trinajstić information content (AvgIpc) is 2.17. The molecule has 0 spiro atoms. The van der Waals surface area contributed by atoms with Crippen molar-refractivity contribution >= 4 is 0 Å². The first kappa shape index (κ1) is 10.5. The number of aliphatic hydroxyl groups is 1. The zero-order valence-corrected chi connectivity index (χ0v) is 8.37. The number of hydrogen-bond acceptors (Lipinski definition) is 2. The zero-order chi connectivity index (χ0) is 9.52. The molecule has 1 rings (SSSR count). The Morgan fingerprint density at radius 1 is 1.38 bits per heavy atom. The lowest BCUT2D eigenvalue weighted by Crippen LogP contribution is -2.23. The van der Waals surface area contributed by atoms with Gasteiger partial charge in [0.25, 0.3) is 0 Å². The van der Waals surface area contributed by atoms with Gasteiger partial charge in [-0.1, -0.05) is 23.8 Å². The molecule has 0 aliphatic heterocycles. The zero-order valence-electron chi connectivity index (χ0n) is 8.37. The van der Waals surface area contributed by atoms with Crippen molar-refractivity contribution in [3.8, 4) is 0 Å². The summed E-state index contributed by atoms with van der Waals surface area (Å²) in [5.41, 5.74) is 1.44. The minimum Gasteiger partial charge on any atom is -0.395 e. The first-order valence-electron chi connectivity index (χ1n) is 4.98. The van der Waals surface area contributed by atoms with Gasteiger partial charge in [0, 0.05) is 13.1 Å². The third kappa shape index (κ3) is 4.25. The average molecular weight is 181 g/mol. The molecular formula is C11H19NO. The van der Waals surface area contributed by atoms with E-state index in [0.29, 0.717) is 0 Å². The normalized spacial score (nSPS) is 16.4. The second-order valence-electron chi connectivity index (χ2n) is 3.54. The number of hydrogen-bond donors (Lipinski definition) is 1. The van der Waals surface area contributed by atoms with E-state index in [1.807, 2.05) is 7.05 Å². The molecule has 0 fully saturated rings. The Bertz CT molecular complexity index is 196. The summed E-state index contributed by atoms with van der Waals surface area (Å²) >= 11 is 0. The van der Waals surface area contributed by atoms with Gasteiger partial charge in [0.05, 0.1) is 6.61 Å². The number of allylic oxidation sites excluding steroid dienone is 3. The van der Waals surface area contributed by atoms with E-state index in [1.54, 1.807) is 0 Å². The summed E-state index contributed by atoms with van der Waals surface area (Å²) in [6, 6.07) is 0. The molecule has 0 radical (unpaired) electrons. The van der Waals surface area contributed by atoms with E-state index in [9.17, 15) is 0 Å². The maximum absolute atomic E-state index is 8.70. The summed E-state index contributed by atoms with van der Waals surface area (Å²) in [5, 5.41) is 8.70. The summed E-state index contributed by atoms with van der Waals surface area (Å²) in [5.74, 6) is 0. The molecule has 0 amide bonds. The van der Waals surface area contributed by atoms with Crippen molar-refractivity contribution < 1.29 is 5.11 Å². The molecule has 0 aromatic rings. The van der Waals surface area contributed by atoms with E-state index < -0.39 is 0 Å². The highest BCUT2D eigenvalue weighted by Crippen LogP contribution is 2.12. The number of rotatable bonds is 5. The lowest BCUT2D eigenvalue weighted by molar-refractivity contribution is 0.223. The molecule has 0 heterocycles. The summed E-state index contributed by atoms with van der Waals surface area (Å²) in [7, 11) is 2.04. The van der Waals surface area contributed by atoms with Gasteiger partial charge in [-0.25, -0.2) is 0 Å². The van der Waals surface area contributed by atoms with E-state index in [-0.39, 0.29) is 6.61 Å². The molecule has 1 aliphatic carbocycles. The van der Waals surface area contributed by atoms with Gasteiger partial charge < -0.3 is 10.0 Å². The molecule has 13 heavy (non-hydrogen) atoms. The van der Waals surface area contributed by atoms with Crippen LogP contribution < -0.4 is 0 Å². The van der Waals surface area contributed by atoms with Crippen molar-refractivity contribution in [1.82, 2.24) is 4.90 Å². The summed E-state index contributed by atoms with van der Waals surface area (Å²) in [4.78, 5) is 2.16. The largest absolute Gasteiger partial charge is 0.395 e. The van der Waals surface area contributed by atoms with Crippen LogP contribution >= 0.6 is 0 Å². The van der Waals surface area contributed by atoms with Crippen LogP contribution in [0.2, 0.25) is 0 Å². The second kappa shape index (κ2) is 5.95. The Labute approximate surface area is 80.6 Å². The lowest BCUT2D eigenvalue weighted by atomic mass is 10.0. The standard InChI is InChI=1S/C11H19NO/c1-12(9-10-13)8-7-11-5-3-2-4-6-11/h3,5-6,13H,2,4,7-10H2,1H3. The molecule has 0 bridgehead atoms. The fraction of sp³-hybridized carbons (Fsp3) is 0.636. The molecule has 0 atom stereocenters. The van der Waals surface area contributed by atoms with Gasteiger partial charge in [-0.3, -0.25) is 0 Å². The Hall–Kier alpha value is -0.600. The Morgan fingerprint density at radius 2 is 2.23 bits per heavy atom. The van der Waals surface area contributed by atoms with E-state index in [1.165, 1.54) is 18.4 Å². The van der Waals surface area contributed by atoms with Crippen molar-refractivity contribution in [3.05, 3.63) is 23.8 Å². The van der Waals surface area contributed by atoms with E-state index in [2.05, 4.69) is 23.1 Å². The van der Waals surface area contributed by atoms with E-state index in [4.69, 9.17) is 5.11 Å². The molecule has 0 aromatic heterocycles. The monoisotopic (exact) mass is 181 g/mol. The molecule has 2 nitrogen and oxygen atoms in total. The fourth-order valence-corrected chi connectivity index (χ4v) is 1.46. The van der Waals surface area contributed by atoms with E-state index >= 15 is 0 Å². The molecule has 2 heteroatoms. The fourth-order valence-electron chi connectivity index (χ4n) is 1.46. The molecule has 0 saturated heterocycles. The third-order valence-electron chi connectivity index (χ3n) is 2.34. The molecule has 74 valence electrons. The van der Waals surface area contributed by atoms with Crippen molar-refractivity contribution in [2.24, 2.45) is 0 Å². The Morgan fingerprint density at radius 3 is 2.85 bits per heavy atom. The smallest absolute Gasteiger partial charge is 0.0558 e. The van der Waals surface area contributed by atoms with Crippen LogP contribution in [0.1, 0.15) is 19.3 Å². The molecule has 1 aliphatic rings. The predicted octanol–water partition coefficient (Wildman–Crippen LogP) is 1.58. The van der Waals surface area contributed by atoms with Crippen LogP contribution in [-0.4, -0.2) is 36.8 Å². The molecule has 0 aromatic carbocycles. The van der Waals surface area contributed by atoms with Gasteiger partial charge in [0.2, 0.25) is 0 Å². The quantitative estimate of drug-likeness (QED) is 0.696. The van der Waals surface area contributed by atoms with Gasteiger partial charge in [0.15, 0.2) is 0 Å². The SMILES string of the molecule is CN(CCO)CCC1=CCCC=C1. The first-order chi connectivity index (χ1) is 6.33. The third-order valence-corrected chi connectivity index (χ3v) is 2.34. The molecule has 0 unspecified atom stereocenters. The van der Waals surface area contributed by atoms with Crippen molar-refractivity contribution in [2.45, 2.75) is 19.3 Å². The van der Waals surface area contributed by atoms with Gasteiger partial charge >= 0.3 is 0 Å². The highest BCUT2D eigenvalue weighted by molar-refractivity contribution is 5.22. The number of nitrogens with zero attached hydrogens (tertiary/aromatic N) is 1. The van der Waals surface area contributed by atoms with Crippen molar-refractivity contribution in [1.29, 1.82) is 0 Å². The van der Waals surface area contributed by atoms with Gasteiger partial charge in [-0.2, -0.15) is 0 Å². The van der Waals surface area contributed by atoms with Gasteiger partial charge in [0.1, 0.15) is 0 Å². The highest BCUT2D eigenvalue weighted by Gasteiger charge is 2.00. The maximum Gasteiger partial charge on any atom is 0.0558 e. The van der Waals surface area contributed by atoms with Crippen molar-refractivity contribution in [2.75, 3.05) is 26.7 Å². The van der Waals surface area contributed by atoms with Crippen LogP contribution in [0.15, 0.2) is 23.8 Å². The van der Waals surface area contributed by atoms with E-state index in [0.717, 1.165) is 19.5 Å². The Balaban J connectivity index is 2.18. The number of likely N-dealkylation sites (N-methyl/N-ethyl adjacent to an activating group) is 1. The minimum atomic E-state index is 0.255. The molecule has 0 saturated carbocycles. The lowest BCUT2D eigenvalue weighted by Gasteiger charge is -2.15. The minimum absolute atomic E-state index is 0.255. The predicted molar refractivity (Wildman–Crippen MR) is 55.7 cm³/mol. The first-order valence-corrected chi connectivity index (χ1v) is 4.98.